The summed E-state index contributed by atoms with van der Waals surface area (Å²) < 4.78 is 0. The van der Waals surface area contributed by atoms with Crippen LogP contribution in [-0.4, -0.2) is 36.6 Å². The lowest BCUT2D eigenvalue weighted by Crippen LogP contribution is -2.24. The van der Waals surface area contributed by atoms with E-state index >= 15 is 0 Å². The van der Waals surface area contributed by atoms with Crippen molar-refractivity contribution in [2.75, 3.05) is 20.6 Å². The normalized spacial score (nSPS) is 13.0. The minimum atomic E-state index is 0.617. The Bertz CT molecular complexity index is 274. The molecule has 1 aromatic rings. The molecule has 1 unspecified atom stereocenters. The highest BCUT2D eigenvalue weighted by atomic mass is 15.1. The van der Waals surface area contributed by atoms with E-state index in [4.69, 9.17) is 0 Å². The Morgan fingerprint density at radius 2 is 2.31 bits per heavy atom. The van der Waals surface area contributed by atoms with Crippen LogP contribution in [0.4, 0.5) is 0 Å². The average molecular weight is 221 g/mol. The molecule has 3 nitrogen and oxygen atoms in total. The summed E-state index contributed by atoms with van der Waals surface area (Å²) in [5.41, 5.74) is 1.28. The van der Waals surface area contributed by atoms with E-state index in [0.29, 0.717) is 6.04 Å². The lowest BCUT2D eigenvalue weighted by molar-refractivity contribution is 0.312. The van der Waals surface area contributed by atoms with Crippen molar-refractivity contribution < 1.29 is 0 Å². The zero-order chi connectivity index (χ0) is 11.8. The molecule has 0 amide bonds. The fourth-order valence-corrected chi connectivity index (χ4v) is 1.69. The molecule has 1 rings (SSSR count). The third-order valence-electron chi connectivity index (χ3n) is 2.85. The van der Waals surface area contributed by atoms with Gasteiger partial charge in [-0.1, -0.05) is 6.07 Å². The van der Waals surface area contributed by atoms with Gasteiger partial charge in [0.05, 0.1) is 0 Å². The molecule has 1 heterocycles. The quantitative estimate of drug-likeness (QED) is 0.762. The van der Waals surface area contributed by atoms with Crippen LogP contribution in [0.15, 0.2) is 24.5 Å². The summed E-state index contributed by atoms with van der Waals surface area (Å²) in [4.78, 5) is 6.47. The highest BCUT2D eigenvalue weighted by Crippen LogP contribution is 2.03. The minimum Gasteiger partial charge on any atom is -0.317 e. The van der Waals surface area contributed by atoms with Crippen LogP contribution in [0.1, 0.15) is 25.3 Å². The third kappa shape index (κ3) is 5.24. The number of pyridine rings is 1. The van der Waals surface area contributed by atoms with E-state index in [1.165, 1.54) is 18.4 Å². The molecule has 1 aromatic heterocycles. The van der Waals surface area contributed by atoms with E-state index < -0.39 is 0 Å². The summed E-state index contributed by atoms with van der Waals surface area (Å²) in [5.74, 6) is 0. The molecule has 0 aromatic carbocycles. The van der Waals surface area contributed by atoms with Crippen LogP contribution in [0.2, 0.25) is 0 Å². The van der Waals surface area contributed by atoms with Gasteiger partial charge >= 0.3 is 0 Å². The van der Waals surface area contributed by atoms with Crippen molar-refractivity contribution in [3.05, 3.63) is 30.1 Å². The van der Waals surface area contributed by atoms with Gasteiger partial charge in [0.2, 0.25) is 0 Å². The molecule has 0 aliphatic heterocycles. The Balaban J connectivity index is 2.19. The van der Waals surface area contributed by atoms with Gasteiger partial charge < -0.3 is 10.2 Å². The first kappa shape index (κ1) is 13.1. The predicted octanol–water partition coefficient (Wildman–Crippen LogP) is 1.90. The summed E-state index contributed by atoms with van der Waals surface area (Å²) in [6, 6.07) is 4.73. The van der Waals surface area contributed by atoms with Crippen molar-refractivity contribution in [1.29, 1.82) is 0 Å². The maximum absolute atomic E-state index is 4.12. The zero-order valence-corrected chi connectivity index (χ0v) is 10.6. The van der Waals surface area contributed by atoms with Crippen LogP contribution < -0.4 is 5.32 Å². The zero-order valence-electron chi connectivity index (χ0n) is 10.6. The van der Waals surface area contributed by atoms with Crippen molar-refractivity contribution in [3.8, 4) is 0 Å². The lowest BCUT2D eigenvalue weighted by Gasteiger charge is -2.17. The molecule has 0 radical (unpaired) electrons. The molecule has 1 N–H and O–H groups in total. The van der Waals surface area contributed by atoms with Crippen LogP contribution in [0, 0.1) is 0 Å². The molecular weight excluding hydrogens is 198 g/mol. The Labute approximate surface area is 98.9 Å². The number of rotatable bonds is 7. The summed E-state index contributed by atoms with van der Waals surface area (Å²) in [5, 5.41) is 3.26. The predicted molar refractivity (Wildman–Crippen MR) is 68.3 cm³/mol. The maximum atomic E-state index is 4.12. The van der Waals surface area contributed by atoms with Crippen molar-refractivity contribution in [2.45, 2.75) is 32.4 Å². The van der Waals surface area contributed by atoms with Crippen LogP contribution in [0.25, 0.3) is 0 Å². The molecule has 0 spiro atoms. The molecule has 1 atom stereocenters. The number of nitrogens with one attached hydrogen (secondary N) is 1. The fourth-order valence-electron chi connectivity index (χ4n) is 1.69. The second-order valence-electron chi connectivity index (χ2n) is 4.43. The smallest absolute Gasteiger partial charge is 0.0312 e. The van der Waals surface area contributed by atoms with Gasteiger partial charge in [-0.05, 0) is 52.0 Å². The van der Waals surface area contributed by atoms with Gasteiger partial charge in [0.15, 0.2) is 0 Å². The molecule has 3 heteroatoms. The Kier molecular flexibility index (Phi) is 6.04. The topological polar surface area (TPSA) is 28.2 Å². The number of aromatic nitrogens is 1. The van der Waals surface area contributed by atoms with Gasteiger partial charge in [-0.2, -0.15) is 0 Å². The lowest BCUT2D eigenvalue weighted by atomic mass is 10.2. The molecule has 0 aliphatic carbocycles. The largest absolute Gasteiger partial charge is 0.317 e. The standard InChI is InChI=1S/C13H23N3/c1-12(14-2)6-5-9-16(3)11-13-7-4-8-15-10-13/h4,7-8,10,12,14H,5-6,9,11H2,1-3H3. The minimum absolute atomic E-state index is 0.617. The molecule has 0 saturated carbocycles. The molecule has 16 heavy (non-hydrogen) atoms. The summed E-state index contributed by atoms with van der Waals surface area (Å²) in [6.07, 6.45) is 6.22. The summed E-state index contributed by atoms with van der Waals surface area (Å²) in [6.45, 7) is 4.35. The van der Waals surface area contributed by atoms with Crippen molar-refractivity contribution >= 4 is 0 Å². The van der Waals surface area contributed by atoms with Crippen LogP contribution in [-0.2, 0) is 6.54 Å². The van der Waals surface area contributed by atoms with E-state index in [1.807, 2.05) is 25.5 Å². The van der Waals surface area contributed by atoms with E-state index in [-0.39, 0.29) is 0 Å². The monoisotopic (exact) mass is 221 g/mol. The highest BCUT2D eigenvalue weighted by molar-refractivity contribution is 5.07. The van der Waals surface area contributed by atoms with Crippen molar-refractivity contribution in [3.63, 3.8) is 0 Å². The Morgan fingerprint density at radius 1 is 1.50 bits per heavy atom. The third-order valence-corrected chi connectivity index (χ3v) is 2.85. The van der Waals surface area contributed by atoms with Crippen LogP contribution in [0.3, 0.4) is 0 Å². The summed E-state index contributed by atoms with van der Waals surface area (Å²) >= 11 is 0. The van der Waals surface area contributed by atoms with Gasteiger partial charge in [0.1, 0.15) is 0 Å². The van der Waals surface area contributed by atoms with E-state index in [2.05, 4.69) is 35.2 Å². The molecular formula is C13H23N3. The first-order chi connectivity index (χ1) is 7.72. The summed E-state index contributed by atoms with van der Waals surface area (Å²) in [7, 11) is 4.18. The van der Waals surface area contributed by atoms with Crippen molar-refractivity contribution in [1.82, 2.24) is 15.2 Å². The molecule has 0 fully saturated rings. The molecule has 0 aliphatic rings. The first-order valence-electron chi connectivity index (χ1n) is 5.97. The van der Waals surface area contributed by atoms with Crippen molar-refractivity contribution in [2.24, 2.45) is 0 Å². The highest BCUT2D eigenvalue weighted by Gasteiger charge is 2.02. The van der Waals surface area contributed by atoms with E-state index in [1.54, 1.807) is 0 Å². The van der Waals surface area contributed by atoms with Gasteiger partial charge in [-0.3, -0.25) is 4.98 Å². The van der Waals surface area contributed by atoms with E-state index in [0.717, 1.165) is 13.1 Å². The first-order valence-corrected chi connectivity index (χ1v) is 5.97. The Morgan fingerprint density at radius 3 is 2.94 bits per heavy atom. The van der Waals surface area contributed by atoms with E-state index in [9.17, 15) is 0 Å². The Hall–Kier alpha value is -0.930. The fraction of sp³-hybridized carbons (Fsp3) is 0.615. The second-order valence-corrected chi connectivity index (χ2v) is 4.43. The van der Waals surface area contributed by atoms with Gasteiger partial charge in [0, 0.05) is 25.0 Å². The van der Waals surface area contributed by atoms with Crippen LogP contribution >= 0.6 is 0 Å². The van der Waals surface area contributed by atoms with Gasteiger partial charge in [-0.25, -0.2) is 0 Å². The second kappa shape index (κ2) is 7.36. The number of hydrogen-bond acceptors (Lipinski definition) is 3. The maximum Gasteiger partial charge on any atom is 0.0312 e. The molecule has 0 bridgehead atoms. The SMILES string of the molecule is CNC(C)CCCN(C)Cc1cccnc1. The van der Waals surface area contributed by atoms with Crippen LogP contribution in [0.5, 0.6) is 0 Å². The number of nitrogens with zero attached hydrogens (tertiary/aromatic N) is 2. The average Bonchev–Trinajstić information content (AvgIpc) is 2.30. The van der Waals surface area contributed by atoms with Gasteiger partial charge in [0.25, 0.3) is 0 Å². The van der Waals surface area contributed by atoms with Gasteiger partial charge in [-0.15, -0.1) is 0 Å². The molecule has 90 valence electrons. The number of hydrogen-bond donors (Lipinski definition) is 1. The molecule has 0 saturated heterocycles.